The topological polar surface area (TPSA) is 49.7 Å². The minimum atomic E-state index is -0.435. The molecule has 0 aliphatic rings. The van der Waals surface area contributed by atoms with Crippen LogP contribution < -0.4 is 0 Å². The van der Waals surface area contributed by atoms with Crippen LogP contribution in [0.15, 0.2) is 25.3 Å². The van der Waals surface area contributed by atoms with Gasteiger partial charge in [0.15, 0.2) is 0 Å². The summed E-state index contributed by atoms with van der Waals surface area (Å²) in [7, 11) is 0. The summed E-state index contributed by atoms with van der Waals surface area (Å²) in [5.74, 6) is 0. The van der Waals surface area contributed by atoms with Crippen molar-refractivity contribution < 1.29 is 14.9 Å². The standard InChI is InChI=1S/C14H26O3/c1-3-5-7-9-13(15)11-17-12-14(16)10-8-6-4-2/h3-4,13-16H,1-2,5-12H2. The first-order valence-electron chi connectivity index (χ1n) is 6.36. The van der Waals surface area contributed by atoms with Gasteiger partial charge in [0.05, 0.1) is 25.4 Å². The van der Waals surface area contributed by atoms with Gasteiger partial charge in [-0.2, -0.15) is 0 Å². The van der Waals surface area contributed by atoms with Crippen molar-refractivity contribution in [3.05, 3.63) is 25.3 Å². The average Bonchev–Trinajstić information content (AvgIpc) is 2.30. The molecule has 3 heteroatoms. The quantitative estimate of drug-likeness (QED) is 0.408. The van der Waals surface area contributed by atoms with Crippen molar-refractivity contribution in [2.75, 3.05) is 13.2 Å². The van der Waals surface area contributed by atoms with E-state index in [4.69, 9.17) is 4.74 Å². The van der Waals surface area contributed by atoms with E-state index in [1.165, 1.54) is 0 Å². The fourth-order valence-electron chi connectivity index (χ4n) is 1.50. The third-order valence-corrected chi connectivity index (χ3v) is 2.51. The molecule has 0 saturated heterocycles. The van der Waals surface area contributed by atoms with Gasteiger partial charge in [-0.05, 0) is 38.5 Å². The van der Waals surface area contributed by atoms with Crippen molar-refractivity contribution in [3.8, 4) is 0 Å². The zero-order valence-electron chi connectivity index (χ0n) is 10.7. The van der Waals surface area contributed by atoms with E-state index in [0.717, 1.165) is 38.5 Å². The van der Waals surface area contributed by atoms with Gasteiger partial charge in [-0.25, -0.2) is 0 Å². The van der Waals surface area contributed by atoms with Crippen molar-refractivity contribution in [1.82, 2.24) is 0 Å². The summed E-state index contributed by atoms with van der Waals surface area (Å²) < 4.78 is 5.27. The maximum Gasteiger partial charge on any atom is 0.0773 e. The highest BCUT2D eigenvalue weighted by Crippen LogP contribution is 2.04. The molecule has 0 aromatic carbocycles. The number of hydrogen-bond acceptors (Lipinski definition) is 3. The van der Waals surface area contributed by atoms with E-state index in [-0.39, 0.29) is 0 Å². The van der Waals surface area contributed by atoms with Crippen LogP contribution in [0, 0.1) is 0 Å². The second-order valence-electron chi connectivity index (χ2n) is 4.28. The Morgan fingerprint density at radius 2 is 1.29 bits per heavy atom. The van der Waals surface area contributed by atoms with Crippen LogP contribution in [0.1, 0.15) is 38.5 Å². The predicted molar refractivity (Wildman–Crippen MR) is 70.9 cm³/mol. The summed E-state index contributed by atoms with van der Waals surface area (Å²) in [5.41, 5.74) is 0. The van der Waals surface area contributed by atoms with Gasteiger partial charge in [-0.3, -0.25) is 0 Å². The predicted octanol–water partition coefficient (Wildman–Crippen LogP) is 2.44. The number of hydrogen-bond donors (Lipinski definition) is 2. The van der Waals surface area contributed by atoms with Crippen LogP contribution in [0.25, 0.3) is 0 Å². The normalized spacial score (nSPS) is 14.2. The lowest BCUT2D eigenvalue weighted by molar-refractivity contribution is -0.0125. The highest BCUT2D eigenvalue weighted by molar-refractivity contribution is 4.68. The van der Waals surface area contributed by atoms with Crippen LogP contribution in [0.4, 0.5) is 0 Å². The summed E-state index contributed by atoms with van der Waals surface area (Å²) in [4.78, 5) is 0. The fraction of sp³-hybridized carbons (Fsp3) is 0.714. The van der Waals surface area contributed by atoms with Gasteiger partial charge >= 0.3 is 0 Å². The lowest BCUT2D eigenvalue weighted by atomic mass is 10.1. The van der Waals surface area contributed by atoms with Crippen LogP contribution in [-0.2, 0) is 4.74 Å². The van der Waals surface area contributed by atoms with Gasteiger partial charge in [0.1, 0.15) is 0 Å². The molecule has 0 fully saturated rings. The molecule has 100 valence electrons. The summed E-state index contributed by atoms with van der Waals surface area (Å²) in [6.45, 7) is 7.85. The summed E-state index contributed by atoms with van der Waals surface area (Å²) in [5, 5.41) is 19.1. The molecule has 0 heterocycles. The maximum absolute atomic E-state index is 9.55. The van der Waals surface area contributed by atoms with Gasteiger partial charge in [-0.1, -0.05) is 12.2 Å². The monoisotopic (exact) mass is 242 g/mol. The molecule has 2 unspecified atom stereocenters. The second-order valence-corrected chi connectivity index (χ2v) is 4.28. The van der Waals surface area contributed by atoms with Crippen LogP contribution in [0.2, 0.25) is 0 Å². The largest absolute Gasteiger partial charge is 0.391 e. The molecule has 2 atom stereocenters. The van der Waals surface area contributed by atoms with Gasteiger partial charge < -0.3 is 14.9 Å². The van der Waals surface area contributed by atoms with Crippen LogP contribution >= 0.6 is 0 Å². The Balaban J connectivity index is 3.35. The van der Waals surface area contributed by atoms with Crippen molar-refractivity contribution in [1.29, 1.82) is 0 Å². The Kier molecular flexibility index (Phi) is 11.4. The Hall–Kier alpha value is -0.640. The number of allylic oxidation sites excluding steroid dienone is 2. The molecule has 0 radical (unpaired) electrons. The Bertz CT molecular complexity index is 172. The molecule has 0 saturated carbocycles. The summed E-state index contributed by atoms with van der Waals surface area (Å²) in [6, 6.07) is 0. The van der Waals surface area contributed by atoms with Crippen LogP contribution in [0.3, 0.4) is 0 Å². The highest BCUT2D eigenvalue weighted by Gasteiger charge is 2.07. The third-order valence-electron chi connectivity index (χ3n) is 2.51. The Morgan fingerprint density at radius 3 is 1.65 bits per heavy atom. The first-order chi connectivity index (χ1) is 8.20. The number of rotatable bonds is 12. The fourth-order valence-corrected chi connectivity index (χ4v) is 1.50. The van der Waals surface area contributed by atoms with E-state index in [2.05, 4.69) is 13.2 Å². The molecule has 17 heavy (non-hydrogen) atoms. The highest BCUT2D eigenvalue weighted by atomic mass is 16.5. The van der Waals surface area contributed by atoms with E-state index in [1.807, 2.05) is 12.2 Å². The molecule has 0 rings (SSSR count). The van der Waals surface area contributed by atoms with Crippen LogP contribution in [0.5, 0.6) is 0 Å². The molecule has 0 spiro atoms. The maximum atomic E-state index is 9.55. The minimum Gasteiger partial charge on any atom is -0.391 e. The molecule has 2 N–H and O–H groups in total. The molecule has 0 aliphatic heterocycles. The Labute approximate surface area is 105 Å². The Morgan fingerprint density at radius 1 is 0.882 bits per heavy atom. The molecule has 3 nitrogen and oxygen atoms in total. The molecular formula is C14H26O3. The van der Waals surface area contributed by atoms with Crippen LogP contribution in [-0.4, -0.2) is 35.6 Å². The van der Waals surface area contributed by atoms with Gasteiger partial charge in [0.2, 0.25) is 0 Å². The number of aliphatic hydroxyl groups is 2. The SMILES string of the molecule is C=CCCCC(O)COCC(O)CCCC=C. The average molecular weight is 242 g/mol. The third kappa shape index (κ3) is 11.6. The van der Waals surface area contributed by atoms with Gasteiger partial charge in [-0.15, -0.1) is 13.2 Å². The lowest BCUT2D eigenvalue weighted by Crippen LogP contribution is -2.21. The van der Waals surface area contributed by atoms with E-state index < -0.39 is 12.2 Å². The zero-order valence-corrected chi connectivity index (χ0v) is 10.7. The molecular weight excluding hydrogens is 216 g/mol. The van der Waals surface area contributed by atoms with Crippen molar-refractivity contribution in [3.63, 3.8) is 0 Å². The van der Waals surface area contributed by atoms with Gasteiger partial charge in [0.25, 0.3) is 0 Å². The van der Waals surface area contributed by atoms with E-state index in [9.17, 15) is 10.2 Å². The first-order valence-corrected chi connectivity index (χ1v) is 6.36. The number of unbranched alkanes of at least 4 members (excludes halogenated alkanes) is 2. The zero-order chi connectivity index (χ0) is 12.9. The van der Waals surface area contributed by atoms with Crippen molar-refractivity contribution >= 4 is 0 Å². The number of aliphatic hydroxyl groups excluding tert-OH is 2. The van der Waals surface area contributed by atoms with E-state index in [0.29, 0.717) is 13.2 Å². The molecule has 0 aromatic rings. The van der Waals surface area contributed by atoms with Gasteiger partial charge in [0, 0.05) is 0 Å². The molecule has 0 aromatic heterocycles. The molecule has 0 amide bonds. The minimum absolute atomic E-state index is 0.301. The van der Waals surface area contributed by atoms with E-state index >= 15 is 0 Å². The summed E-state index contributed by atoms with van der Waals surface area (Å²) in [6.07, 6.45) is 7.95. The second kappa shape index (κ2) is 11.8. The van der Waals surface area contributed by atoms with E-state index in [1.54, 1.807) is 0 Å². The van der Waals surface area contributed by atoms with Crippen molar-refractivity contribution in [2.45, 2.75) is 50.7 Å². The molecule has 0 aliphatic carbocycles. The number of ether oxygens (including phenoxy) is 1. The molecule has 0 bridgehead atoms. The first kappa shape index (κ1) is 16.4. The van der Waals surface area contributed by atoms with Crippen molar-refractivity contribution in [2.24, 2.45) is 0 Å². The summed E-state index contributed by atoms with van der Waals surface area (Å²) >= 11 is 0. The smallest absolute Gasteiger partial charge is 0.0773 e. The lowest BCUT2D eigenvalue weighted by Gasteiger charge is -2.13.